The Morgan fingerprint density at radius 1 is 1.17 bits per heavy atom. The smallest absolute Gasteiger partial charge is 0.326 e. The number of hydrogen-bond acceptors (Lipinski definition) is 5. The fraction of sp³-hybridized carbons (Fsp3) is 0.269. The van der Waals surface area contributed by atoms with Gasteiger partial charge < -0.3 is 14.9 Å². The lowest BCUT2D eigenvalue weighted by Crippen LogP contribution is -2.42. The van der Waals surface area contributed by atoms with E-state index in [9.17, 15) is 14.7 Å². The molecule has 1 aromatic heterocycles. The summed E-state index contributed by atoms with van der Waals surface area (Å²) in [4.78, 5) is 26.8. The molecule has 3 aromatic rings. The maximum atomic E-state index is 12.6. The zero-order chi connectivity index (χ0) is 24.9. The van der Waals surface area contributed by atoms with Gasteiger partial charge in [-0.25, -0.2) is 4.79 Å². The molecule has 0 fully saturated rings. The molecule has 0 saturated carbocycles. The molecule has 0 aliphatic carbocycles. The van der Waals surface area contributed by atoms with E-state index in [1.54, 1.807) is 6.07 Å². The van der Waals surface area contributed by atoms with Gasteiger partial charge >= 0.3 is 5.97 Å². The van der Waals surface area contributed by atoms with Crippen LogP contribution in [0.1, 0.15) is 39.4 Å². The summed E-state index contributed by atoms with van der Waals surface area (Å²) in [6.45, 7) is 4.37. The van der Waals surface area contributed by atoms with E-state index >= 15 is 0 Å². The van der Waals surface area contributed by atoms with Crippen molar-refractivity contribution in [2.75, 3.05) is 13.1 Å². The van der Waals surface area contributed by atoms with Gasteiger partial charge in [-0.3, -0.25) is 9.69 Å². The molecule has 0 unspecified atom stereocenters. The summed E-state index contributed by atoms with van der Waals surface area (Å²) in [5.74, 6) is -0.948. The van der Waals surface area contributed by atoms with Gasteiger partial charge in [0.15, 0.2) is 0 Å². The maximum Gasteiger partial charge on any atom is 0.326 e. The Balaban J connectivity index is 1.37. The second-order valence-corrected chi connectivity index (χ2v) is 9.32. The van der Waals surface area contributed by atoms with Crippen LogP contribution in [0.2, 0.25) is 10.0 Å². The van der Waals surface area contributed by atoms with Gasteiger partial charge in [-0.1, -0.05) is 64.8 Å². The summed E-state index contributed by atoms with van der Waals surface area (Å²) in [6.07, 6.45) is 3.25. The third kappa shape index (κ3) is 6.31. The Labute approximate surface area is 213 Å². The predicted octanol–water partition coefficient (Wildman–Crippen LogP) is 5.00. The van der Waals surface area contributed by atoms with Gasteiger partial charge in [-0.05, 0) is 42.2 Å². The van der Waals surface area contributed by atoms with Gasteiger partial charge in [-0.15, -0.1) is 0 Å². The SMILES string of the molecule is Cc1cc(CN2CC=C(c3ccc(C[C@H](NC(=O)c4c(Cl)cccc4Cl)C(=O)O)cc3)CC2)no1. The largest absolute Gasteiger partial charge is 0.480 e. The highest BCUT2D eigenvalue weighted by atomic mass is 35.5. The van der Waals surface area contributed by atoms with E-state index in [0.29, 0.717) is 0 Å². The number of carbonyl (C=O) groups is 2. The molecule has 0 bridgehead atoms. The lowest BCUT2D eigenvalue weighted by molar-refractivity contribution is -0.139. The predicted molar refractivity (Wildman–Crippen MR) is 135 cm³/mol. The summed E-state index contributed by atoms with van der Waals surface area (Å²) in [5.41, 5.74) is 4.14. The number of carbonyl (C=O) groups excluding carboxylic acids is 1. The van der Waals surface area contributed by atoms with E-state index in [2.05, 4.69) is 21.4 Å². The molecule has 2 N–H and O–H groups in total. The highest BCUT2D eigenvalue weighted by Gasteiger charge is 2.24. The molecular formula is C26H25Cl2N3O4. The van der Waals surface area contributed by atoms with Crippen molar-refractivity contribution in [3.8, 4) is 0 Å². The number of carboxylic acid groups (broad SMARTS) is 1. The van der Waals surface area contributed by atoms with Crippen LogP contribution in [0.3, 0.4) is 0 Å². The Morgan fingerprint density at radius 3 is 2.46 bits per heavy atom. The van der Waals surface area contributed by atoms with E-state index in [4.69, 9.17) is 27.7 Å². The third-order valence-electron chi connectivity index (χ3n) is 5.91. The molecule has 9 heteroatoms. The number of rotatable bonds is 8. The minimum absolute atomic E-state index is 0.0643. The van der Waals surface area contributed by atoms with Crippen molar-refractivity contribution in [3.63, 3.8) is 0 Å². The van der Waals surface area contributed by atoms with Crippen molar-refractivity contribution >= 4 is 40.7 Å². The van der Waals surface area contributed by atoms with Crippen LogP contribution in [-0.4, -0.2) is 46.2 Å². The molecule has 4 rings (SSSR count). The summed E-state index contributed by atoms with van der Waals surface area (Å²) in [6, 6.07) is 13.3. The Bertz CT molecular complexity index is 1230. The molecule has 2 heterocycles. The van der Waals surface area contributed by atoms with Crippen molar-refractivity contribution in [2.45, 2.75) is 32.4 Å². The first kappa shape index (κ1) is 25.0. The molecule has 182 valence electrons. The van der Waals surface area contributed by atoms with Gasteiger partial charge in [0.05, 0.1) is 21.3 Å². The lowest BCUT2D eigenvalue weighted by atomic mass is 9.96. The van der Waals surface area contributed by atoms with Crippen LogP contribution in [0.4, 0.5) is 0 Å². The van der Waals surface area contributed by atoms with Crippen molar-refractivity contribution < 1.29 is 19.2 Å². The average Bonchev–Trinajstić information content (AvgIpc) is 3.24. The van der Waals surface area contributed by atoms with Gasteiger partial charge in [0.2, 0.25) is 0 Å². The number of amides is 1. The fourth-order valence-electron chi connectivity index (χ4n) is 4.07. The number of nitrogens with one attached hydrogen (secondary N) is 1. The number of hydrogen-bond donors (Lipinski definition) is 2. The molecule has 1 amide bonds. The number of carboxylic acids is 1. The van der Waals surface area contributed by atoms with Crippen LogP contribution in [-0.2, 0) is 17.8 Å². The second kappa shape index (κ2) is 11.1. The molecule has 2 aromatic carbocycles. The molecule has 0 radical (unpaired) electrons. The first-order valence-electron chi connectivity index (χ1n) is 11.2. The molecule has 0 spiro atoms. The summed E-state index contributed by atoms with van der Waals surface area (Å²) < 4.78 is 5.14. The molecular weight excluding hydrogens is 489 g/mol. The normalized spacial score (nSPS) is 14.9. The second-order valence-electron chi connectivity index (χ2n) is 8.51. The zero-order valence-electron chi connectivity index (χ0n) is 19.1. The lowest BCUT2D eigenvalue weighted by Gasteiger charge is -2.25. The summed E-state index contributed by atoms with van der Waals surface area (Å²) in [7, 11) is 0. The van der Waals surface area contributed by atoms with Crippen LogP contribution >= 0.6 is 23.2 Å². The van der Waals surface area contributed by atoms with Gasteiger partial charge in [0, 0.05) is 32.1 Å². The number of aryl methyl sites for hydroxylation is 1. The molecule has 0 saturated heterocycles. The number of halogens is 2. The van der Waals surface area contributed by atoms with Crippen LogP contribution < -0.4 is 5.32 Å². The first-order chi connectivity index (χ1) is 16.8. The number of aromatic nitrogens is 1. The Morgan fingerprint density at radius 2 is 1.89 bits per heavy atom. The van der Waals surface area contributed by atoms with Crippen molar-refractivity contribution in [2.24, 2.45) is 0 Å². The van der Waals surface area contributed by atoms with E-state index in [1.165, 1.54) is 17.7 Å². The average molecular weight is 514 g/mol. The number of aliphatic carboxylic acids is 1. The minimum atomic E-state index is -1.14. The van der Waals surface area contributed by atoms with Crippen molar-refractivity contribution in [1.29, 1.82) is 0 Å². The Kier molecular flexibility index (Phi) is 7.90. The molecule has 1 aliphatic heterocycles. The third-order valence-corrected chi connectivity index (χ3v) is 6.54. The standard InChI is InChI=1S/C26H25Cl2N3O4/c1-16-13-20(30-35-16)15-31-11-9-19(10-12-31)18-7-5-17(6-8-18)14-23(26(33)34)29-25(32)24-21(27)3-2-4-22(24)28/h2-9,13,23H,10-12,14-15H2,1H3,(H,29,32)(H,33,34)/t23-/m0/s1. The zero-order valence-corrected chi connectivity index (χ0v) is 20.6. The highest BCUT2D eigenvalue weighted by Crippen LogP contribution is 2.25. The topological polar surface area (TPSA) is 95.7 Å². The maximum absolute atomic E-state index is 12.6. The van der Waals surface area contributed by atoms with Crippen LogP contribution in [0.15, 0.2) is 59.1 Å². The van der Waals surface area contributed by atoms with Gasteiger partial charge in [-0.2, -0.15) is 0 Å². The molecule has 1 aliphatic rings. The van der Waals surface area contributed by atoms with Crippen LogP contribution in [0, 0.1) is 6.92 Å². The molecule has 35 heavy (non-hydrogen) atoms. The van der Waals surface area contributed by atoms with E-state index in [-0.39, 0.29) is 22.0 Å². The molecule has 1 atom stereocenters. The first-order valence-corrected chi connectivity index (χ1v) is 12.0. The van der Waals surface area contributed by atoms with E-state index in [1.807, 2.05) is 37.3 Å². The highest BCUT2D eigenvalue weighted by molar-refractivity contribution is 6.39. The number of benzene rings is 2. The van der Waals surface area contributed by atoms with Crippen LogP contribution in [0.25, 0.3) is 5.57 Å². The van der Waals surface area contributed by atoms with Gasteiger partial charge in [0.25, 0.3) is 5.91 Å². The van der Waals surface area contributed by atoms with E-state index < -0.39 is 17.9 Å². The van der Waals surface area contributed by atoms with E-state index in [0.717, 1.165) is 48.6 Å². The fourth-order valence-corrected chi connectivity index (χ4v) is 4.64. The number of nitrogens with zero attached hydrogens (tertiary/aromatic N) is 2. The van der Waals surface area contributed by atoms with Crippen LogP contribution in [0.5, 0.6) is 0 Å². The summed E-state index contributed by atoms with van der Waals surface area (Å²) in [5, 5.41) is 16.6. The van der Waals surface area contributed by atoms with Crippen molar-refractivity contribution in [3.05, 3.63) is 92.8 Å². The quantitative estimate of drug-likeness (QED) is 0.439. The monoisotopic (exact) mass is 513 g/mol. The Hall–Kier alpha value is -3.13. The van der Waals surface area contributed by atoms with Gasteiger partial charge in [0.1, 0.15) is 11.8 Å². The van der Waals surface area contributed by atoms with Crippen molar-refractivity contribution in [1.82, 2.24) is 15.4 Å². The molecule has 7 nitrogen and oxygen atoms in total. The summed E-state index contributed by atoms with van der Waals surface area (Å²) >= 11 is 12.2. The minimum Gasteiger partial charge on any atom is -0.480 e.